The zero-order valence-corrected chi connectivity index (χ0v) is 11.0. The van der Waals surface area contributed by atoms with Crippen molar-refractivity contribution in [2.45, 2.75) is 19.3 Å². The Balaban J connectivity index is 2.00. The van der Waals surface area contributed by atoms with E-state index in [4.69, 9.17) is 0 Å². The summed E-state index contributed by atoms with van der Waals surface area (Å²) in [6.45, 7) is 0.894. The van der Waals surface area contributed by atoms with Gasteiger partial charge in [0.15, 0.2) is 0 Å². The van der Waals surface area contributed by atoms with Gasteiger partial charge in [-0.05, 0) is 37.0 Å². The highest BCUT2D eigenvalue weighted by Crippen LogP contribution is 2.27. The third-order valence-electron chi connectivity index (χ3n) is 3.18. The lowest BCUT2D eigenvalue weighted by molar-refractivity contribution is 0.0745. The van der Waals surface area contributed by atoms with Crippen molar-refractivity contribution in [3.63, 3.8) is 0 Å². The summed E-state index contributed by atoms with van der Waals surface area (Å²) in [5, 5.41) is 0. The molecule has 1 saturated carbocycles. The van der Waals surface area contributed by atoms with Gasteiger partial charge in [-0.2, -0.15) is 0 Å². The van der Waals surface area contributed by atoms with Gasteiger partial charge in [0.25, 0.3) is 5.91 Å². The molecule has 1 aromatic rings. The van der Waals surface area contributed by atoms with E-state index in [0.717, 1.165) is 22.5 Å². The minimum Gasteiger partial charge on any atom is -0.341 e. The van der Waals surface area contributed by atoms with E-state index in [9.17, 15) is 4.79 Å². The predicted octanol–water partition coefficient (Wildman–Crippen LogP) is 3.32. The average Bonchev–Trinajstić information content (AvgIpc) is 2.22. The Morgan fingerprint density at radius 2 is 2.25 bits per heavy atom. The second-order valence-electron chi connectivity index (χ2n) is 4.49. The standard InChI is InChI=1S/C13H16BrNO/c1-15(9-10-4-2-5-10)13(16)11-6-3-7-12(14)8-11/h3,6-8,10H,2,4-5,9H2,1H3. The van der Waals surface area contributed by atoms with Crippen LogP contribution in [0, 0.1) is 5.92 Å². The summed E-state index contributed by atoms with van der Waals surface area (Å²) in [4.78, 5) is 13.9. The molecule has 1 fully saturated rings. The molecule has 86 valence electrons. The van der Waals surface area contributed by atoms with E-state index < -0.39 is 0 Å². The maximum atomic E-state index is 12.1. The van der Waals surface area contributed by atoms with E-state index in [2.05, 4.69) is 15.9 Å². The topological polar surface area (TPSA) is 20.3 Å². The Morgan fingerprint density at radius 1 is 1.50 bits per heavy atom. The number of nitrogens with zero attached hydrogens (tertiary/aromatic N) is 1. The molecule has 0 N–H and O–H groups in total. The van der Waals surface area contributed by atoms with E-state index >= 15 is 0 Å². The lowest BCUT2D eigenvalue weighted by Gasteiger charge is -2.30. The Kier molecular flexibility index (Phi) is 3.64. The third kappa shape index (κ3) is 2.64. The van der Waals surface area contributed by atoms with Crippen LogP contribution in [0.4, 0.5) is 0 Å². The van der Waals surface area contributed by atoms with Crippen LogP contribution in [-0.4, -0.2) is 24.4 Å². The summed E-state index contributed by atoms with van der Waals surface area (Å²) in [5.74, 6) is 0.842. The SMILES string of the molecule is CN(CC1CCC1)C(=O)c1cccc(Br)c1. The van der Waals surface area contributed by atoms with E-state index in [0.29, 0.717) is 0 Å². The molecule has 2 rings (SSSR count). The van der Waals surface area contributed by atoms with Gasteiger partial charge in [0, 0.05) is 23.6 Å². The number of amides is 1. The zero-order chi connectivity index (χ0) is 11.5. The molecule has 0 atom stereocenters. The fourth-order valence-electron chi connectivity index (χ4n) is 1.99. The zero-order valence-electron chi connectivity index (χ0n) is 9.45. The summed E-state index contributed by atoms with van der Waals surface area (Å²) in [5.41, 5.74) is 0.760. The van der Waals surface area contributed by atoms with Crippen molar-refractivity contribution >= 4 is 21.8 Å². The fraction of sp³-hybridized carbons (Fsp3) is 0.462. The molecule has 16 heavy (non-hydrogen) atoms. The van der Waals surface area contributed by atoms with Crippen molar-refractivity contribution in [2.75, 3.05) is 13.6 Å². The molecule has 0 saturated heterocycles. The van der Waals surface area contributed by atoms with Crippen molar-refractivity contribution in [3.8, 4) is 0 Å². The molecule has 1 aliphatic rings. The van der Waals surface area contributed by atoms with Crippen molar-refractivity contribution in [1.29, 1.82) is 0 Å². The molecule has 0 aromatic heterocycles. The minimum absolute atomic E-state index is 0.119. The van der Waals surface area contributed by atoms with Gasteiger partial charge in [-0.25, -0.2) is 0 Å². The first-order chi connectivity index (χ1) is 7.66. The molecule has 1 amide bonds. The number of benzene rings is 1. The molecule has 1 aliphatic carbocycles. The summed E-state index contributed by atoms with van der Waals surface area (Å²) in [6.07, 6.45) is 3.87. The van der Waals surface area contributed by atoms with Gasteiger partial charge in [0.05, 0.1) is 0 Å². The minimum atomic E-state index is 0.119. The first-order valence-corrected chi connectivity index (χ1v) is 6.47. The van der Waals surface area contributed by atoms with E-state index in [1.54, 1.807) is 0 Å². The maximum absolute atomic E-state index is 12.1. The van der Waals surface area contributed by atoms with Crippen molar-refractivity contribution < 1.29 is 4.79 Å². The van der Waals surface area contributed by atoms with Gasteiger partial charge in [-0.3, -0.25) is 4.79 Å². The molecular weight excluding hydrogens is 266 g/mol. The van der Waals surface area contributed by atoms with Gasteiger partial charge in [-0.1, -0.05) is 28.4 Å². The first kappa shape index (κ1) is 11.6. The number of hydrogen-bond donors (Lipinski definition) is 0. The van der Waals surface area contributed by atoms with Gasteiger partial charge < -0.3 is 4.90 Å². The van der Waals surface area contributed by atoms with Crippen molar-refractivity contribution in [2.24, 2.45) is 5.92 Å². The Bertz CT molecular complexity index is 387. The second kappa shape index (κ2) is 5.00. The van der Waals surface area contributed by atoms with Crippen LogP contribution in [0.25, 0.3) is 0 Å². The largest absolute Gasteiger partial charge is 0.341 e. The summed E-state index contributed by atoms with van der Waals surface area (Å²) in [7, 11) is 1.89. The highest BCUT2D eigenvalue weighted by atomic mass is 79.9. The number of hydrogen-bond acceptors (Lipinski definition) is 1. The first-order valence-electron chi connectivity index (χ1n) is 5.68. The molecular formula is C13H16BrNO. The van der Waals surface area contributed by atoms with Crippen LogP contribution in [0.2, 0.25) is 0 Å². The molecule has 1 aromatic carbocycles. The third-order valence-corrected chi connectivity index (χ3v) is 3.67. The number of carbonyl (C=O) groups excluding carboxylic acids is 1. The van der Waals surface area contributed by atoms with Crippen LogP contribution >= 0.6 is 15.9 Å². The van der Waals surface area contributed by atoms with Gasteiger partial charge in [0.1, 0.15) is 0 Å². The van der Waals surface area contributed by atoms with Crippen LogP contribution in [-0.2, 0) is 0 Å². The summed E-state index contributed by atoms with van der Waals surface area (Å²) < 4.78 is 0.954. The average molecular weight is 282 g/mol. The van der Waals surface area contributed by atoms with Crippen molar-refractivity contribution in [3.05, 3.63) is 34.3 Å². The molecule has 0 bridgehead atoms. The van der Waals surface area contributed by atoms with Crippen LogP contribution in [0.3, 0.4) is 0 Å². The quantitative estimate of drug-likeness (QED) is 0.832. The molecule has 2 nitrogen and oxygen atoms in total. The number of halogens is 1. The van der Waals surface area contributed by atoms with Crippen LogP contribution < -0.4 is 0 Å². The summed E-state index contributed by atoms with van der Waals surface area (Å²) >= 11 is 3.38. The Morgan fingerprint density at radius 3 is 2.81 bits per heavy atom. The molecule has 0 unspecified atom stereocenters. The van der Waals surface area contributed by atoms with Crippen LogP contribution in [0.5, 0.6) is 0 Å². The molecule has 3 heteroatoms. The van der Waals surface area contributed by atoms with Gasteiger partial charge in [0.2, 0.25) is 0 Å². The predicted molar refractivity (Wildman–Crippen MR) is 68.4 cm³/mol. The molecule has 0 heterocycles. The van der Waals surface area contributed by atoms with E-state index in [-0.39, 0.29) is 5.91 Å². The van der Waals surface area contributed by atoms with E-state index in [1.807, 2.05) is 36.2 Å². The molecule has 0 spiro atoms. The number of carbonyl (C=O) groups is 1. The van der Waals surface area contributed by atoms with Crippen LogP contribution in [0.1, 0.15) is 29.6 Å². The highest BCUT2D eigenvalue weighted by molar-refractivity contribution is 9.10. The monoisotopic (exact) mass is 281 g/mol. The lowest BCUT2D eigenvalue weighted by atomic mass is 9.85. The van der Waals surface area contributed by atoms with E-state index in [1.165, 1.54) is 19.3 Å². The Hall–Kier alpha value is -0.830. The lowest BCUT2D eigenvalue weighted by Crippen LogP contribution is -2.34. The Labute approximate surface area is 105 Å². The van der Waals surface area contributed by atoms with Gasteiger partial charge >= 0.3 is 0 Å². The van der Waals surface area contributed by atoms with Gasteiger partial charge in [-0.15, -0.1) is 0 Å². The summed E-state index contributed by atoms with van der Waals surface area (Å²) in [6, 6.07) is 7.57. The second-order valence-corrected chi connectivity index (χ2v) is 5.41. The van der Waals surface area contributed by atoms with Crippen LogP contribution in [0.15, 0.2) is 28.7 Å². The smallest absolute Gasteiger partial charge is 0.253 e. The fourth-order valence-corrected chi connectivity index (χ4v) is 2.39. The maximum Gasteiger partial charge on any atom is 0.253 e. The normalized spacial score (nSPS) is 15.6. The number of rotatable bonds is 3. The molecule has 0 radical (unpaired) electrons. The molecule has 0 aliphatic heterocycles. The van der Waals surface area contributed by atoms with Crippen molar-refractivity contribution in [1.82, 2.24) is 4.90 Å². The highest BCUT2D eigenvalue weighted by Gasteiger charge is 2.21.